The molecule has 33 heavy (non-hydrogen) atoms. The Morgan fingerprint density at radius 2 is 2.06 bits per heavy atom. The van der Waals surface area contributed by atoms with E-state index in [0.29, 0.717) is 37.3 Å². The number of benzene rings is 1. The monoisotopic (exact) mass is 456 g/mol. The summed E-state index contributed by atoms with van der Waals surface area (Å²) in [6, 6.07) is 5.77. The molecule has 0 radical (unpaired) electrons. The van der Waals surface area contributed by atoms with Crippen molar-refractivity contribution < 1.29 is 14.6 Å². The zero-order valence-corrected chi connectivity index (χ0v) is 19.7. The molecule has 1 atom stereocenters. The van der Waals surface area contributed by atoms with E-state index in [0.717, 1.165) is 22.0 Å². The molecule has 0 saturated heterocycles. The van der Waals surface area contributed by atoms with Crippen LogP contribution in [0.5, 0.6) is 0 Å². The quantitative estimate of drug-likeness (QED) is 0.420. The molecular weight excluding hydrogens is 424 g/mol. The normalized spacial score (nSPS) is 12.4. The number of H-pyrrole nitrogens is 1. The minimum absolute atomic E-state index is 0.0210. The molecule has 0 unspecified atom stereocenters. The predicted octanol–water partition coefficient (Wildman–Crippen LogP) is 2.03. The Morgan fingerprint density at radius 1 is 1.27 bits per heavy atom. The first-order valence-corrected chi connectivity index (χ1v) is 11.3. The summed E-state index contributed by atoms with van der Waals surface area (Å²) in [4.78, 5) is 30.0. The summed E-state index contributed by atoms with van der Waals surface area (Å²) in [7, 11) is 0. The fourth-order valence-corrected chi connectivity index (χ4v) is 4.18. The first kappa shape index (κ1) is 24.5. The lowest BCUT2D eigenvalue weighted by Gasteiger charge is -2.30. The van der Waals surface area contributed by atoms with Gasteiger partial charge in [-0.15, -0.1) is 5.10 Å². The number of tetrazole rings is 1. The lowest BCUT2D eigenvalue weighted by molar-refractivity contribution is -0.144. The highest BCUT2D eigenvalue weighted by Gasteiger charge is 2.26. The summed E-state index contributed by atoms with van der Waals surface area (Å²) in [5.41, 5.74) is 3.45. The van der Waals surface area contributed by atoms with Gasteiger partial charge in [-0.25, -0.2) is 4.68 Å². The summed E-state index contributed by atoms with van der Waals surface area (Å²) < 4.78 is 6.47. The minimum atomic E-state index is -0.417. The van der Waals surface area contributed by atoms with Gasteiger partial charge < -0.3 is 14.8 Å². The number of esters is 1. The Balaban J connectivity index is 1.95. The molecular formula is C23H32N6O4. The highest BCUT2D eigenvalue weighted by atomic mass is 16.5. The second kappa shape index (κ2) is 11.2. The van der Waals surface area contributed by atoms with E-state index in [1.807, 2.05) is 32.9 Å². The second-order valence-electron chi connectivity index (χ2n) is 8.14. The van der Waals surface area contributed by atoms with Crippen molar-refractivity contribution in [2.45, 2.75) is 59.7 Å². The van der Waals surface area contributed by atoms with Crippen molar-refractivity contribution in [1.29, 1.82) is 0 Å². The number of nitrogens with zero attached hydrogens (tertiary/aromatic N) is 5. The lowest BCUT2D eigenvalue weighted by atomic mass is 10.0. The average molecular weight is 457 g/mol. The predicted molar refractivity (Wildman–Crippen MR) is 124 cm³/mol. The number of pyridine rings is 1. The SMILES string of the molecule is CCOC(=O)Cn1nnnc1[C@H](CC)N(CCCO)Cc1cc2cc(C)cc(C)c2[nH]c1=O. The smallest absolute Gasteiger partial charge is 0.327 e. The van der Waals surface area contributed by atoms with Gasteiger partial charge in [0, 0.05) is 25.3 Å². The summed E-state index contributed by atoms with van der Waals surface area (Å²) in [5, 5.41) is 22.3. The number of aliphatic hydroxyl groups is 1. The van der Waals surface area contributed by atoms with Crippen molar-refractivity contribution >= 4 is 16.9 Å². The largest absolute Gasteiger partial charge is 0.465 e. The molecule has 10 nitrogen and oxygen atoms in total. The van der Waals surface area contributed by atoms with Crippen LogP contribution in [0.25, 0.3) is 10.9 Å². The molecule has 0 aliphatic heterocycles. The molecule has 2 aromatic heterocycles. The second-order valence-corrected chi connectivity index (χ2v) is 8.14. The van der Waals surface area contributed by atoms with Gasteiger partial charge >= 0.3 is 5.97 Å². The van der Waals surface area contributed by atoms with E-state index in [4.69, 9.17) is 4.74 Å². The van der Waals surface area contributed by atoms with E-state index >= 15 is 0 Å². The molecule has 2 N–H and O–H groups in total. The van der Waals surface area contributed by atoms with Crippen LogP contribution < -0.4 is 5.56 Å². The Bertz CT molecular complexity index is 1160. The number of hydrogen-bond acceptors (Lipinski definition) is 8. The fourth-order valence-electron chi connectivity index (χ4n) is 4.18. The van der Waals surface area contributed by atoms with Gasteiger partial charge in [-0.3, -0.25) is 14.5 Å². The zero-order valence-electron chi connectivity index (χ0n) is 19.7. The van der Waals surface area contributed by atoms with Crippen LogP contribution in [0.3, 0.4) is 0 Å². The summed E-state index contributed by atoms with van der Waals surface area (Å²) in [6.07, 6.45) is 1.18. The van der Waals surface area contributed by atoms with Crippen LogP contribution in [0.2, 0.25) is 0 Å². The third-order valence-electron chi connectivity index (χ3n) is 5.62. The zero-order chi connectivity index (χ0) is 24.0. The average Bonchev–Trinajstić information content (AvgIpc) is 3.21. The first-order valence-electron chi connectivity index (χ1n) is 11.3. The molecule has 0 amide bonds. The standard InChI is InChI=1S/C23H32N6O4/c1-5-19(22-25-26-27-29(22)14-20(31)33-6-2)28(8-7-9-30)13-18-12-17-11-15(3)10-16(4)21(17)24-23(18)32/h10-12,19,30H,5-9,13-14H2,1-4H3,(H,24,32)/t19-/m0/s1. The van der Waals surface area contributed by atoms with E-state index in [2.05, 4.69) is 31.5 Å². The molecule has 3 rings (SSSR count). The molecule has 1 aromatic carbocycles. The number of carbonyl (C=O) groups excluding carboxylic acids is 1. The topological polar surface area (TPSA) is 126 Å². The van der Waals surface area contributed by atoms with Crippen molar-refractivity contribution in [3.05, 3.63) is 51.1 Å². The summed E-state index contributed by atoms with van der Waals surface area (Å²) >= 11 is 0. The maximum atomic E-state index is 12.9. The van der Waals surface area contributed by atoms with Crippen LogP contribution in [0.4, 0.5) is 0 Å². The Hall–Kier alpha value is -3.11. The number of carbonyl (C=O) groups is 1. The molecule has 178 valence electrons. The molecule has 0 fully saturated rings. The molecule has 0 spiro atoms. The third-order valence-corrected chi connectivity index (χ3v) is 5.62. The van der Waals surface area contributed by atoms with Crippen molar-refractivity contribution in [2.75, 3.05) is 19.8 Å². The number of aliphatic hydroxyl groups excluding tert-OH is 1. The maximum absolute atomic E-state index is 12.9. The maximum Gasteiger partial charge on any atom is 0.327 e. The van der Waals surface area contributed by atoms with Gasteiger partial charge in [0.25, 0.3) is 5.56 Å². The molecule has 3 aromatic rings. The van der Waals surface area contributed by atoms with Gasteiger partial charge in [0.2, 0.25) is 0 Å². The van der Waals surface area contributed by atoms with Gasteiger partial charge in [-0.1, -0.05) is 18.6 Å². The highest BCUT2D eigenvalue weighted by Crippen LogP contribution is 2.25. The van der Waals surface area contributed by atoms with Gasteiger partial charge in [0.15, 0.2) is 5.82 Å². The van der Waals surface area contributed by atoms with Gasteiger partial charge in [0.05, 0.1) is 18.2 Å². The molecule has 2 heterocycles. The van der Waals surface area contributed by atoms with Crippen LogP contribution in [0, 0.1) is 13.8 Å². The molecule has 0 aliphatic rings. The van der Waals surface area contributed by atoms with Crippen molar-refractivity contribution in [3.63, 3.8) is 0 Å². The van der Waals surface area contributed by atoms with Crippen LogP contribution >= 0.6 is 0 Å². The van der Waals surface area contributed by atoms with Crippen LogP contribution in [-0.4, -0.2) is 60.9 Å². The molecule has 0 aliphatic carbocycles. The third kappa shape index (κ3) is 5.82. The van der Waals surface area contributed by atoms with Crippen LogP contribution in [0.1, 0.15) is 55.2 Å². The minimum Gasteiger partial charge on any atom is -0.465 e. The number of nitrogens with one attached hydrogen (secondary N) is 1. The van der Waals surface area contributed by atoms with Gasteiger partial charge in [-0.2, -0.15) is 0 Å². The van der Waals surface area contributed by atoms with E-state index in [1.165, 1.54) is 4.68 Å². The van der Waals surface area contributed by atoms with Crippen LogP contribution in [-0.2, 0) is 22.6 Å². The van der Waals surface area contributed by atoms with E-state index < -0.39 is 5.97 Å². The summed E-state index contributed by atoms with van der Waals surface area (Å²) in [6.45, 7) is 8.85. The van der Waals surface area contributed by atoms with E-state index in [1.54, 1.807) is 6.92 Å². The molecule has 0 saturated carbocycles. The fraction of sp³-hybridized carbons (Fsp3) is 0.522. The van der Waals surface area contributed by atoms with Crippen molar-refractivity contribution in [3.8, 4) is 0 Å². The highest BCUT2D eigenvalue weighted by molar-refractivity contribution is 5.82. The number of aryl methyl sites for hydroxylation is 2. The Kier molecular flexibility index (Phi) is 8.29. The number of rotatable bonds is 11. The first-order chi connectivity index (χ1) is 15.9. The van der Waals surface area contributed by atoms with Gasteiger partial charge in [0.1, 0.15) is 6.54 Å². The van der Waals surface area contributed by atoms with Crippen molar-refractivity contribution in [1.82, 2.24) is 30.1 Å². The number of aromatic amines is 1. The van der Waals surface area contributed by atoms with Crippen molar-refractivity contribution in [2.24, 2.45) is 0 Å². The van der Waals surface area contributed by atoms with Crippen LogP contribution in [0.15, 0.2) is 23.0 Å². The number of fused-ring (bicyclic) bond motifs is 1. The Morgan fingerprint density at radius 3 is 2.76 bits per heavy atom. The Labute approximate surface area is 192 Å². The summed E-state index contributed by atoms with van der Waals surface area (Å²) in [5.74, 6) is 0.104. The lowest BCUT2D eigenvalue weighted by Crippen LogP contribution is -2.34. The van der Waals surface area contributed by atoms with E-state index in [9.17, 15) is 14.7 Å². The number of ether oxygens (including phenoxy) is 1. The molecule has 10 heteroatoms. The van der Waals surface area contributed by atoms with Gasteiger partial charge in [-0.05, 0) is 67.1 Å². The number of hydrogen-bond donors (Lipinski definition) is 2. The number of aromatic nitrogens is 5. The molecule has 0 bridgehead atoms. The van der Waals surface area contributed by atoms with E-state index in [-0.39, 0.29) is 31.4 Å².